The average Bonchev–Trinajstić information content (AvgIpc) is 2.94. The number of carbonyl (C=O) groups is 2. The van der Waals surface area contributed by atoms with Crippen LogP contribution in [0.25, 0.3) is 11.1 Å². The van der Waals surface area contributed by atoms with Crippen LogP contribution in [0.15, 0.2) is 97.2 Å². The fraction of sp³-hybridized carbons (Fsp3) is 0.167. The first-order valence-corrected chi connectivity index (χ1v) is 12.0. The number of benzene rings is 3. The number of carboxylic acids is 1. The van der Waals surface area contributed by atoms with E-state index in [2.05, 4.69) is 22.4 Å². The molecule has 2 N–H and O–H groups in total. The topological polar surface area (TPSA) is 97.8 Å². The molecule has 7 heteroatoms. The van der Waals surface area contributed by atoms with E-state index in [-0.39, 0.29) is 18.9 Å². The molecule has 0 spiro atoms. The van der Waals surface area contributed by atoms with E-state index >= 15 is 0 Å². The number of nitrogens with zero attached hydrogens (tertiary/aromatic N) is 1. The molecule has 4 rings (SSSR count). The van der Waals surface area contributed by atoms with Crippen molar-refractivity contribution in [2.24, 2.45) is 0 Å². The smallest absolute Gasteiger partial charge is 0.303 e. The number of carbonyl (C=O) groups excluding carboxylic acids is 1. The molecule has 0 aliphatic rings. The molecule has 0 unspecified atom stereocenters. The van der Waals surface area contributed by atoms with Gasteiger partial charge in [-0.1, -0.05) is 54.6 Å². The van der Waals surface area contributed by atoms with Crippen LogP contribution in [0.1, 0.15) is 28.0 Å². The third-order valence-electron chi connectivity index (χ3n) is 5.68. The van der Waals surface area contributed by atoms with Crippen LogP contribution in [0.4, 0.5) is 0 Å². The minimum absolute atomic E-state index is 0.00270. The molecule has 1 heterocycles. The summed E-state index contributed by atoms with van der Waals surface area (Å²) in [5.74, 6) is 0.189. The van der Waals surface area contributed by atoms with E-state index in [4.69, 9.17) is 14.6 Å². The standard InChI is InChI=1S/C30H28N2O5/c33-29(34)15-13-23-12-14-27(20-25(23)21-32-30(35)28-11-4-5-16-31-28)37-18-17-36-26-10-6-9-24(19-26)22-7-2-1-3-8-22/h1-12,14,16,19-20H,13,15,17-18,21H2,(H,32,35)(H,33,34). The summed E-state index contributed by atoms with van der Waals surface area (Å²) in [6.45, 7) is 0.902. The fourth-order valence-electron chi connectivity index (χ4n) is 3.82. The minimum atomic E-state index is -0.878. The molecule has 0 saturated carbocycles. The Morgan fingerprint density at radius 2 is 1.49 bits per heavy atom. The van der Waals surface area contributed by atoms with E-state index in [1.807, 2.05) is 54.6 Å². The quantitative estimate of drug-likeness (QED) is 0.263. The number of aryl methyl sites for hydroxylation is 1. The molecule has 0 aliphatic heterocycles. The molecule has 188 valence electrons. The summed E-state index contributed by atoms with van der Waals surface area (Å²) in [4.78, 5) is 27.6. The Bertz CT molecular complexity index is 1330. The number of aliphatic carboxylic acids is 1. The van der Waals surface area contributed by atoms with Crippen LogP contribution in [0.3, 0.4) is 0 Å². The van der Waals surface area contributed by atoms with Gasteiger partial charge in [0.25, 0.3) is 5.91 Å². The van der Waals surface area contributed by atoms with Crippen molar-refractivity contribution in [1.29, 1.82) is 0 Å². The Balaban J connectivity index is 1.35. The fourth-order valence-corrected chi connectivity index (χ4v) is 3.82. The maximum atomic E-state index is 12.4. The number of hydrogen-bond acceptors (Lipinski definition) is 5. The Kier molecular flexibility index (Phi) is 8.86. The lowest BCUT2D eigenvalue weighted by Crippen LogP contribution is -2.24. The van der Waals surface area contributed by atoms with Crippen molar-refractivity contribution < 1.29 is 24.2 Å². The van der Waals surface area contributed by atoms with E-state index in [1.165, 1.54) is 0 Å². The van der Waals surface area contributed by atoms with Crippen LogP contribution < -0.4 is 14.8 Å². The first-order valence-electron chi connectivity index (χ1n) is 12.0. The van der Waals surface area contributed by atoms with Crippen LogP contribution in [0, 0.1) is 0 Å². The molecule has 7 nitrogen and oxygen atoms in total. The molecule has 3 aromatic carbocycles. The largest absolute Gasteiger partial charge is 0.490 e. The first kappa shape index (κ1) is 25.4. The Morgan fingerprint density at radius 1 is 0.757 bits per heavy atom. The predicted molar refractivity (Wildman–Crippen MR) is 141 cm³/mol. The highest BCUT2D eigenvalue weighted by Crippen LogP contribution is 2.24. The van der Waals surface area contributed by atoms with Crippen molar-refractivity contribution in [3.63, 3.8) is 0 Å². The van der Waals surface area contributed by atoms with Gasteiger partial charge in [0, 0.05) is 19.2 Å². The number of hydrogen-bond donors (Lipinski definition) is 2. The average molecular weight is 497 g/mol. The first-order chi connectivity index (χ1) is 18.1. The second-order valence-electron chi connectivity index (χ2n) is 8.31. The number of amides is 1. The second kappa shape index (κ2) is 12.9. The number of aromatic nitrogens is 1. The summed E-state index contributed by atoms with van der Waals surface area (Å²) in [7, 11) is 0. The van der Waals surface area contributed by atoms with Gasteiger partial charge in [-0.05, 0) is 65.1 Å². The lowest BCUT2D eigenvalue weighted by Gasteiger charge is -2.14. The van der Waals surface area contributed by atoms with Gasteiger partial charge in [0.05, 0.1) is 0 Å². The highest BCUT2D eigenvalue weighted by atomic mass is 16.5. The van der Waals surface area contributed by atoms with Crippen molar-refractivity contribution in [1.82, 2.24) is 10.3 Å². The monoisotopic (exact) mass is 496 g/mol. The summed E-state index contributed by atoms with van der Waals surface area (Å²) >= 11 is 0. The normalized spacial score (nSPS) is 10.5. The van der Waals surface area contributed by atoms with Crippen LogP contribution in [-0.4, -0.2) is 35.2 Å². The molecule has 4 aromatic rings. The predicted octanol–water partition coefficient (Wildman–Crippen LogP) is 5.15. The lowest BCUT2D eigenvalue weighted by atomic mass is 10.0. The zero-order valence-electron chi connectivity index (χ0n) is 20.3. The Labute approximate surface area is 215 Å². The van der Waals surface area contributed by atoms with Gasteiger partial charge in [-0.25, -0.2) is 0 Å². The van der Waals surface area contributed by atoms with Crippen molar-refractivity contribution in [3.05, 3.63) is 114 Å². The molecule has 0 fully saturated rings. The van der Waals surface area contributed by atoms with Gasteiger partial charge in [0.15, 0.2) is 0 Å². The highest BCUT2D eigenvalue weighted by molar-refractivity contribution is 5.92. The van der Waals surface area contributed by atoms with Crippen LogP contribution in [0.2, 0.25) is 0 Å². The van der Waals surface area contributed by atoms with Gasteiger partial charge < -0.3 is 19.9 Å². The number of pyridine rings is 1. The molecule has 1 aromatic heterocycles. The van der Waals surface area contributed by atoms with Crippen LogP contribution in [0.5, 0.6) is 11.5 Å². The van der Waals surface area contributed by atoms with Crippen molar-refractivity contribution in [2.75, 3.05) is 13.2 Å². The van der Waals surface area contributed by atoms with Crippen molar-refractivity contribution in [3.8, 4) is 22.6 Å². The summed E-state index contributed by atoms with van der Waals surface area (Å²) in [5, 5.41) is 11.9. The summed E-state index contributed by atoms with van der Waals surface area (Å²) in [6.07, 6.45) is 1.91. The SMILES string of the molecule is O=C(O)CCc1ccc(OCCOc2cccc(-c3ccccc3)c2)cc1CNC(=O)c1ccccn1. The molecule has 0 radical (unpaired) electrons. The van der Waals surface area contributed by atoms with E-state index in [1.54, 1.807) is 30.5 Å². The molecule has 0 saturated heterocycles. The lowest BCUT2D eigenvalue weighted by molar-refractivity contribution is -0.136. The third kappa shape index (κ3) is 7.67. The number of nitrogens with one attached hydrogen (secondary N) is 1. The van der Waals surface area contributed by atoms with Gasteiger partial charge in [-0.2, -0.15) is 0 Å². The Morgan fingerprint density at radius 3 is 2.22 bits per heavy atom. The molecular formula is C30H28N2O5. The van der Waals surface area contributed by atoms with Crippen LogP contribution >= 0.6 is 0 Å². The van der Waals surface area contributed by atoms with E-state index in [9.17, 15) is 9.59 Å². The number of carboxylic acid groups (broad SMARTS) is 1. The molecule has 1 amide bonds. The van der Waals surface area contributed by atoms with E-state index in [0.29, 0.717) is 31.1 Å². The minimum Gasteiger partial charge on any atom is -0.490 e. The molecule has 0 bridgehead atoms. The summed E-state index contributed by atoms with van der Waals surface area (Å²) in [6, 6.07) is 28.6. The van der Waals surface area contributed by atoms with Gasteiger partial charge in [0.1, 0.15) is 30.4 Å². The van der Waals surface area contributed by atoms with Gasteiger partial charge >= 0.3 is 5.97 Å². The van der Waals surface area contributed by atoms with Gasteiger partial charge in [0.2, 0.25) is 0 Å². The third-order valence-corrected chi connectivity index (χ3v) is 5.68. The van der Waals surface area contributed by atoms with Gasteiger partial charge in [-0.15, -0.1) is 0 Å². The van der Waals surface area contributed by atoms with E-state index in [0.717, 1.165) is 28.0 Å². The maximum Gasteiger partial charge on any atom is 0.303 e. The van der Waals surface area contributed by atoms with Crippen molar-refractivity contribution >= 4 is 11.9 Å². The zero-order chi connectivity index (χ0) is 25.9. The van der Waals surface area contributed by atoms with Gasteiger partial charge in [-0.3, -0.25) is 14.6 Å². The second-order valence-corrected chi connectivity index (χ2v) is 8.31. The molecule has 37 heavy (non-hydrogen) atoms. The summed E-state index contributed by atoms with van der Waals surface area (Å²) in [5.41, 5.74) is 4.14. The molecular weight excluding hydrogens is 468 g/mol. The van der Waals surface area contributed by atoms with E-state index < -0.39 is 5.97 Å². The van der Waals surface area contributed by atoms with Crippen molar-refractivity contribution in [2.45, 2.75) is 19.4 Å². The highest BCUT2D eigenvalue weighted by Gasteiger charge is 2.11. The Hall–Kier alpha value is -4.65. The number of ether oxygens (including phenoxy) is 2. The number of rotatable bonds is 12. The molecule has 0 atom stereocenters. The molecule has 0 aliphatic carbocycles. The zero-order valence-corrected chi connectivity index (χ0v) is 20.3. The summed E-state index contributed by atoms with van der Waals surface area (Å²) < 4.78 is 11.8. The van der Waals surface area contributed by atoms with Crippen LogP contribution in [-0.2, 0) is 17.8 Å². The maximum absolute atomic E-state index is 12.4.